The topological polar surface area (TPSA) is 44.2 Å². The number of thiophene rings is 3. The molecule has 4 heterocycles. The zero-order valence-corrected chi connectivity index (χ0v) is 41.3. The minimum absolute atomic E-state index is 0.716. The van der Waals surface area contributed by atoms with Crippen LogP contribution in [0.5, 0.6) is 23.0 Å². The number of ether oxygens (including phenoxy) is 2. The molecule has 0 saturated carbocycles. The Bertz CT molecular complexity index is 4390. The molecule has 0 bridgehead atoms. The van der Waals surface area contributed by atoms with Crippen molar-refractivity contribution in [3.8, 4) is 66.1 Å². The third-order valence-electron chi connectivity index (χ3n) is 14.0. The predicted octanol–water partition coefficient (Wildman–Crippen LogP) is 20.1. The number of rotatable bonds is 8. The minimum Gasteiger partial charge on any atom is -0.457 e. The molecule has 4 aromatic heterocycles. The Morgan fingerprint density at radius 1 is 0.274 bits per heavy atom. The van der Waals surface area contributed by atoms with Crippen molar-refractivity contribution in [3.05, 3.63) is 231 Å². The van der Waals surface area contributed by atoms with Crippen molar-refractivity contribution in [3.63, 3.8) is 0 Å². The van der Waals surface area contributed by atoms with Crippen molar-refractivity contribution in [1.29, 1.82) is 0 Å². The highest BCUT2D eigenvalue weighted by Gasteiger charge is 2.25. The molecule has 73 heavy (non-hydrogen) atoms. The van der Waals surface area contributed by atoms with Crippen LogP contribution in [0.2, 0.25) is 0 Å². The number of benzene rings is 11. The maximum absolute atomic E-state index is 6.89. The first-order valence-corrected chi connectivity index (χ1v) is 26.7. The SMILES string of the molecule is c1ccc(-c2ccccc2Oc2ccc3c4ccc(Oc5ccccc5-c5ccccc5)cc4c4nc5c(-c6cccc7c6sc6ccccc67)sc(-c6cccc7c6sc6ccccc67)c5nc4c3c2)cc1. The van der Waals surface area contributed by atoms with Crippen LogP contribution >= 0.6 is 34.0 Å². The first-order valence-electron chi connectivity index (χ1n) is 24.3. The normalized spacial score (nSPS) is 11.8. The van der Waals surface area contributed by atoms with E-state index in [1.165, 1.54) is 40.3 Å². The molecule has 7 heteroatoms. The molecule has 0 fully saturated rings. The Balaban J connectivity index is 1.02. The second-order valence-electron chi connectivity index (χ2n) is 18.3. The van der Waals surface area contributed by atoms with Gasteiger partial charge in [-0.2, -0.15) is 0 Å². The lowest BCUT2D eigenvalue weighted by Crippen LogP contribution is -1.94. The van der Waals surface area contributed by atoms with Gasteiger partial charge < -0.3 is 9.47 Å². The van der Waals surface area contributed by atoms with Crippen molar-refractivity contribution in [2.45, 2.75) is 0 Å². The molecule has 0 atom stereocenters. The molecular formula is C66H38N2O2S3. The van der Waals surface area contributed by atoms with Gasteiger partial charge in [0.2, 0.25) is 0 Å². The quantitative estimate of drug-likeness (QED) is 0.142. The second-order valence-corrected chi connectivity index (χ2v) is 21.4. The van der Waals surface area contributed by atoms with Crippen LogP contribution in [0.1, 0.15) is 0 Å². The maximum atomic E-state index is 6.89. The van der Waals surface area contributed by atoms with Crippen LogP contribution in [0, 0.1) is 0 Å². The lowest BCUT2D eigenvalue weighted by molar-refractivity contribution is 0.485. The highest BCUT2D eigenvalue weighted by Crippen LogP contribution is 2.52. The van der Waals surface area contributed by atoms with Crippen LogP contribution in [-0.2, 0) is 0 Å². The Morgan fingerprint density at radius 3 is 1.15 bits per heavy atom. The van der Waals surface area contributed by atoms with Crippen LogP contribution in [0.4, 0.5) is 0 Å². The fourth-order valence-corrected chi connectivity index (χ4v) is 14.5. The largest absolute Gasteiger partial charge is 0.457 e. The number of para-hydroxylation sites is 2. The Hall–Kier alpha value is -8.72. The average molecular weight is 987 g/mol. The van der Waals surface area contributed by atoms with Gasteiger partial charge in [-0.3, -0.25) is 0 Å². The molecule has 342 valence electrons. The molecule has 4 nitrogen and oxygen atoms in total. The summed E-state index contributed by atoms with van der Waals surface area (Å²) >= 11 is 5.49. The van der Waals surface area contributed by atoms with Crippen LogP contribution in [-0.4, -0.2) is 9.97 Å². The molecule has 0 aliphatic rings. The first kappa shape index (κ1) is 42.0. The van der Waals surface area contributed by atoms with E-state index >= 15 is 0 Å². The van der Waals surface area contributed by atoms with E-state index < -0.39 is 0 Å². The number of fused-ring (bicyclic) bond motifs is 13. The Morgan fingerprint density at radius 2 is 0.671 bits per heavy atom. The smallest absolute Gasteiger partial charge is 0.135 e. The van der Waals surface area contributed by atoms with E-state index in [4.69, 9.17) is 19.4 Å². The van der Waals surface area contributed by atoms with Gasteiger partial charge in [0.1, 0.15) is 34.0 Å². The van der Waals surface area contributed by atoms with Gasteiger partial charge in [0.15, 0.2) is 0 Å². The fraction of sp³-hybridized carbons (Fsp3) is 0. The van der Waals surface area contributed by atoms with Crippen LogP contribution in [0.25, 0.3) is 127 Å². The molecule has 0 spiro atoms. The van der Waals surface area contributed by atoms with E-state index in [2.05, 4.69) is 194 Å². The van der Waals surface area contributed by atoms with Crippen molar-refractivity contribution in [1.82, 2.24) is 9.97 Å². The molecule has 11 aromatic carbocycles. The molecule has 15 rings (SSSR count). The minimum atomic E-state index is 0.716. The highest BCUT2D eigenvalue weighted by molar-refractivity contribution is 7.28. The van der Waals surface area contributed by atoms with Crippen LogP contribution < -0.4 is 9.47 Å². The summed E-state index contributed by atoms with van der Waals surface area (Å²) in [7, 11) is 0. The van der Waals surface area contributed by atoms with E-state index in [9.17, 15) is 0 Å². The number of nitrogens with zero attached hydrogens (tertiary/aromatic N) is 2. The van der Waals surface area contributed by atoms with Gasteiger partial charge in [0.05, 0.1) is 20.8 Å². The van der Waals surface area contributed by atoms with Crippen molar-refractivity contribution >= 4 is 118 Å². The van der Waals surface area contributed by atoms with Crippen LogP contribution in [0.15, 0.2) is 231 Å². The van der Waals surface area contributed by atoms with Gasteiger partial charge in [0, 0.05) is 73.4 Å². The van der Waals surface area contributed by atoms with E-state index in [-0.39, 0.29) is 0 Å². The van der Waals surface area contributed by atoms with Gasteiger partial charge in [-0.15, -0.1) is 34.0 Å². The molecule has 15 aromatic rings. The first-order chi connectivity index (χ1) is 36.2. The van der Waals surface area contributed by atoms with E-state index in [1.807, 2.05) is 59.1 Å². The summed E-state index contributed by atoms with van der Waals surface area (Å²) in [5.74, 6) is 2.99. The van der Waals surface area contributed by atoms with Crippen LogP contribution in [0.3, 0.4) is 0 Å². The van der Waals surface area contributed by atoms with Gasteiger partial charge in [-0.05, 0) is 82.6 Å². The van der Waals surface area contributed by atoms with E-state index in [0.29, 0.717) is 11.5 Å². The van der Waals surface area contributed by atoms with Gasteiger partial charge in [0.25, 0.3) is 0 Å². The van der Waals surface area contributed by atoms with E-state index in [0.717, 1.165) is 98.2 Å². The van der Waals surface area contributed by atoms with Gasteiger partial charge in [-0.1, -0.05) is 170 Å². The third kappa shape index (κ3) is 6.92. The van der Waals surface area contributed by atoms with Crippen molar-refractivity contribution < 1.29 is 9.47 Å². The number of hydrogen-bond donors (Lipinski definition) is 0. The summed E-state index contributed by atoms with van der Waals surface area (Å²) in [4.78, 5) is 14.0. The molecule has 0 aliphatic heterocycles. The summed E-state index contributed by atoms with van der Waals surface area (Å²) in [6.07, 6.45) is 0. The van der Waals surface area contributed by atoms with E-state index in [1.54, 1.807) is 11.3 Å². The lowest BCUT2D eigenvalue weighted by atomic mass is 9.98. The molecular weight excluding hydrogens is 949 g/mol. The van der Waals surface area contributed by atoms with Gasteiger partial charge in [-0.25, -0.2) is 9.97 Å². The average Bonchev–Trinajstić information content (AvgIpc) is 4.16. The zero-order chi connectivity index (χ0) is 48.0. The standard InChI is InChI=1S/C66H38N2O2S3/c1-3-17-39(18-4-1)43-21-7-11-29-55(43)69-41-33-35-45-46-36-34-42(70-56-30-12-8-22-44(56)40-19-5-2-6-20-40)38-54(46)60-59(53(45)37-41)67-61-62(68-60)66(52-28-16-26-50-48-24-10-14-32-58(48)72-64(50)52)73-65(61)51-27-15-25-49-47-23-9-13-31-57(47)71-63(49)51/h1-38H. The molecule has 0 N–H and O–H groups in total. The number of hydrogen-bond acceptors (Lipinski definition) is 7. The predicted molar refractivity (Wildman–Crippen MR) is 310 cm³/mol. The van der Waals surface area contributed by atoms with Crippen molar-refractivity contribution in [2.75, 3.05) is 0 Å². The highest BCUT2D eigenvalue weighted by atomic mass is 32.1. The molecule has 0 radical (unpaired) electrons. The molecule has 0 amide bonds. The summed E-state index contributed by atoms with van der Waals surface area (Å²) < 4.78 is 18.8. The van der Waals surface area contributed by atoms with Gasteiger partial charge >= 0.3 is 0 Å². The summed E-state index contributed by atoms with van der Waals surface area (Å²) in [6, 6.07) is 80.9. The Labute approximate surface area is 431 Å². The molecule has 0 aliphatic carbocycles. The van der Waals surface area contributed by atoms with Crippen molar-refractivity contribution in [2.24, 2.45) is 0 Å². The fourth-order valence-electron chi connectivity index (χ4n) is 10.7. The second kappa shape index (κ2) is 17.0. The maximum Gasteiger partial charge on any atom is 0.135 e. The summed E-state index contributed by atoms with van der Waals surface area (Å²) in [5, 5.41) is 9.04. The summed E-state index contributed by atoms with van der Waals surface area (Å²) in [6.45, 7) is 0. The zero-order valence-electron chi connectivity index (χ0n) is 38.9. The Kier molecular flexibility index (Phi) is 9.76. The lowest BCUT2D eigenvalue weighted by Gasteiger charge is -2.15. The molecule has 0 saturated heterocycles. The number of aromatic nitrogens is 2. The summed E-state index contributed by atoms with van der Waals surface area (Å²) in [5.41, 5.74) is 9.90. The molecule has 0 unspecified atom stereocenters. The third-order valence-corrected chi connectivity index (χ3v) is 17.7. The monoisotopic (exact) mass is 986 g/mol.